The van der Waals surface area contributed by atoms with Gasteiger partial charge in [-0.2, -0.15) is 13.2 Å². The molecule has 2 rings (SSSR count). The Morgan fingerprint density at radius 2 is 2.00 bits per heavy atom. The molecular weight excluding hydrogens is 351 g/mol. The fourth-order valence-corrected chi connectivity index (χ4v) is 2.76. The number of hydrogen-bond donors (Lipinski definition) is 2. The zero-order valence-electron chi connectivity index (χ0n) is 12.5. The van der Waals surface area contributed by atoms with Crippen LogP contribution in [0.2, 0.25) is 5.02 Å². The number of benzene rings is 1. The zero-order chi connectivity index (χ0) is 18.1. The van der Waals surface area contributed by atoms with Gasteiger partial charge in [-0.05, 0) is 31.0 Å². The highest BCUT2D eigenvalue weighted by Gasteiger charge is 2.37. The van der Waals surface area contributed by atoms with Crippen LogP contribution >= 0.6 is 11.6 Å². The highest BCUT2D eigenvalue weighted by atomic mass is 35.5. The fraction of sp³-hybridized carbons (Fsp3) is 0.333. The number of carbonyl (C=O) groups excluding carboxylic acids is 1. The third-order valence-corrected chi connectivity index (χ3v) is 3.71. The molecule has 0 aliphatic carbocycles. The minimum Gasteiger partial charge on any atom is -0.477 e. The molecule has 0 fully saturated rings. The lowest BCUT2D eigenvalue weighted by Gasteiger charge is -2.12. The highest BCUT2D eigenvalue weighted by molar-refractivity contribution is 6.32. The van der Waals surface area contributed by atoms with E-state index in [0.29, 0.717) is 0 Å². The maximum atomic E-state index is 13.4. The summed E-state index contributed by atoms with van der Waals surface area (Å²) >= 11 is 5.69. The number of alkyl halides is 3. The smallest absolute Gasteiger partial charge is 0.418 e. The number of fused-ring (bicyclic) bond motifs is 1. The molecule has 1 aromatic carbocycles. The van der Waals surface area contributed by atoms with Crippen LogP contribution in [0.25, 0.3) is 10.9 Å². The highest BCUT2D eigenvalue weighted by Crippen LogP contribution is 2.42. The molecule has 0 radical (unpaired) electrons. The van der Waals surface area contributed by atoms with Crippen molar-refractivity contribution in [2.75, 3.05) is 6.61 Å². The molecule has 0 aliphatic heterocycles. The monoisotopic (exact) mass is 363 g/mol. The molecule has 0 spiro atoms. The second-order valence-electron chi connectivity index (χ2n) is 4.93. The van der Waals surface area contributed by atoms with Crippen LogP contribution in [0, 0.1) is 0 Å². The number of aromatic nitrogens is 1. The molecule has 9 heteroatoms. The number of hydrogen-bond acceptors (Lipinski definition) is 3. The topological polar surface area (TPSA) is 79.4 Å². The molecule has 0 aliphatic rings. The maximum Gasteiger partial charge on any atom is 0.418 e. The van der Waals surface area contributed by atoms with Gasteiger partial charge in [0, 0.05) is 17.3 Å². The van der Waals surface area contributed by atoms with E-state index < -0.39 is 34.4 Å². The molecular formula is C15H13ClF3NO4. The summed E-state index contributed by atoms with van der Waals surface area (Å²) < 4.78 is 44.8. The minimum absolute atomic E-state index is 0.0111. The second-order valence-corrected chi connectivity index (χ2v) is 5.34. The van der Waals surface area contributed by atoms with Crippen molar-refractivity contribution in [2.45, 2.75) is 25.9 Å². The number of rotatable bonds is 5. The van der Waals surface area contributed by atoms with Crippen molar-refractivity contribution in [1.82, 2.24) is 4.98 Å². The molecule has 24 heavy (non-hydrogen) atoms. The quantitative estimate of drug-likeness (QED) is 0.786. The first-order valence-electron chi connectivity index (χ1n) is 6.96. The summed E-state index contributed by atoms with van der Waals surface area (Å²) in [4.78, 5) is 25.3. The van der Waals surface area contributed by atoms with Gasteiger partial charge >= 0.3 is 18.1 Å². The van der Waals surface area contributed by atoms with Crippen molar-refractivity contribution in [2.24, 2.45) is 0 Å². The molecule has 0 unspecified atom stereocenters. The Balaban J connectivity index is 2.65. The number of halogens is 4. The lowest BCUT2D eigenvalue weighted by atomic mass is 10.0. The van der Waals surface area contributed by atoms with Gasteiger partial charge in [-0.25, -0.2) is 4.79 Å². The van der Waals surface area contributed by atoms with Crippen molar-refractivity contribution in [1.29, 1.82) is 0 Å². The number of aromatic carboxylic acids is 1. The first-order valence-corrected chi connectivity index (χ1v) is 7.33. The van der Waals surface area contributed by atoms with E-state index in [1.165, 1.54) is 6.07 Å². The Hall–Kier alpha value is -2.22. The summed E-state index contributed by atoms with van der Waals surface area (Å²) in [7, 11) is 0. The number of carbonyl (C=O) groups is 2. The lowest BCUT2D eigenvalue weighted by molar-refractivity contribution is -0.143. The Morgan fingerprint density at radius 3 is 2.54 bits per heavy atom. The number of aromatic amines is 1. The Bertz CT molecular complexity index is 798. The lowest BCUT2D eigenvalue weighted by Crippen LogP contribution is -2.10. The summed E-state index contributed by atoms with van der Waals surface area (Å²) in [5.41, 5.74) is -1.66. The van der Waals surface area contributed by atoms with Crippen LogP contribution in [-0.2, 0) is 22.1 Å². The molecule has 2 aromatic rings. The van der Waals surface area contributed by atoms with Crippen LogP contribution in [-0.4, -0.2) is 28.6 Å². The first-order chi connectivity index (χ1) is 11.2. The molecule has 0 bridgehead atoms. The number of ether oxygens (including phenoxy) is 1. The van der Waals surface area contributed by atoms with Gasteiger partial charge < -0.3 is 14.8 Å². The summed E-state index contributed by atoms with van der Waals surface area (Å²) in [6.45, 7) is 1.71. The van der Waals surface area contributed by atoms with Gasteiger partial charge in [0.25, 0.3) is 0 Å². The van der Waals surface area contributed by atoms with E-state index in [2.05, 4.69) is 4.98 Å². The molecule has 0 amide bonds. The van der Waals surface area contributed by atoms with Crippen LogP contribution in [0.15, 0.2) is 12.1 Å². The number of nitrogens with one attached hydrogen (secondary N) is 1. The molecule has 0 saturated carbocycles. The average molecular weight is 364 g/mol. The summed E-state index contributed by atoms with van der Waals surface area (Å²) in [6.07, 6.45) is -5.23. The van der Waals surface area contributed by atoms with Gasteiger partial charge in [-0.15, -0.1) is 0 Å². The Morgan fingerprint density at radius 1 is 1.33 bits per heavy atom. The normalized spacial score (nSPS) is 11.7. The molecule has 0 saturated heterocycles. The van der Waals surface area contributed by atoms with Gasteiger partial charge in [-0.3, -0.25) is 4.79 Å². The maximum absolute atomic E-state index is 13.4. The fourth-order valence-electron chi connectivity index (χ4n) is 2.50. The van der Waals surface area contributed by atoms with E-state index in [1.807, 2.05) is 0 Å². The van der Waals surface area contributed by atoms with Gasteiger partial charge in [0.1, 0.15) is 5.69 Å². The van der Waals surface area contributed by atoms with Gasteiger partial charge in [0.05, 0.1) is 17.2 Å². The van der Waals surface area contributed by atoms with Crippen LogP contribution in [0.1, 0.15) is 35.0 Å². The summed E-state index contributed by atoms with van der Waals surface area (Å²) in [5, 5.41) is 8.36. The predicted octanol–water partition coefficient (Wildman–Crippen LogP) is 4.03. The second kappa shape index (κ2) is 6.72. The molecule has 1 heterocycles. The SMILES string of the molecule is CCOC(=O)CCc1c(C(=O)O)[nH]c2ccc(Cl)c(C(F)(F)F)c12. The van der Waals surface area contributed by atoms with E-state index in [9.17, 15) is 27.9 Å². The predicted molar refractivity (Wildman–Crippen MR) is 80.2 cm³/mol. The van der Waals surface area contributed by atoms with E-state index in [4.69, 9.17) is 16.3 Å². The largest absolute Gasteiger partial charge is 0.477 e. The molecule has 130 valence electrons. The van der Waals surface area contributed by atoms with E-state index in [0.717, 1.165) is 6.07 Å². The van der Waals surface area contributed by atoms with Gasteiger partial charge in [-0.1, -0.05) is 11.6 Å². The van der Waals surface area contributed by atoms with Gasteiger partial charge in [0.2, 0.25) is 0 Å². The molecule has 1 aromatic heterocycles. The third kappa shape index (κ3) is 3.48. The number of carboxylic acids is 1. The third-order valence-electron chi connectivity index (χ3n) is 3.40. The zero-order valence-corrected chi connectivity index (χ0v) is 13.2. The number of esters is 1. The van der Waals surface area contributed by atoms with Crippen LogP contribution in [0.3, 0.4) is 0 Å². The summed E-state index contributed by atoms with van der Waals surface area (Å²) in [6, 6.07) is 2.32. The van der Waals surface area contributed by atoms with Crippen molar-refractivity contribution in [3.63, 3.8) is 0 Å². The molecule has 2 N–H and O–H groups in total. The number of aryl methyl sites for hydroxylation is 1. The van der Waals surface area contributed by atoms with Crippen molar-refractivity contribution in [3.8, 4) is 0 Å². The Kier molecular flexibility index (Phi) is 5.08. The van der Waals surface area contributed by atoms with Crippen molar-refractivity contribution in [3.05, 3.63) is 34.0 Å². The standard InChI is InChI=1S/C15H13ClF3NO4/c1-2-24-10(21)6-3-7-11-9(20-13(7)14(22)23)5-4-8(16)12(11)15(17,18)19/h4-5,20H,2-3,6H2,1H3,(H,22,23). The van der Waals surface area contributed by atoms with Gasteiger partial charge in [0.15, 0.2) is 0 Å². The van der Waals surface area contributed by atoms with E-state index in [-0.39, 0.29) is 35.9 Å². The van der Waals surface area contributed by atoms with E-state index >= 15 is 0 Å². The van der Waals surface area contributed by atoms with Crippen LogP contribution < -0.4 is 0 Å². The van der Waals surface area contributed by atoms with Crippen molar-refractivity contribution >= 4 is 34.4 Å². The molecule has 5 nitrogen and oxygen atoms in total. The number of H-pyrrole nitrogens is 1. The molecule has 0 atom stereocenters. The summed E-state index contributed by atoms with van der Waals surface area (Å²) in [5.74, 6) is -2.05. The number of carboxylic acid groups (broad SMARTS) is 1. The average Bonchev–Trinajstić information content (AvgIpc) is 2.82. The first kappa shape index (κ1) is 18.1. The van der Waals surface area contributed by atoms with Crippen LogP contribution in [0.4, 0.5) is 13.2 Å². The minimum atomic E-state index is -4.77. The Labute approximate surface area is 139 Å². The van der Waals surface area contributed by atoms with Crippen LogP contribution in [0.5, 0.6) is 0 Å². The van der Waals surface area contributed by atoms with Crippen molar-refractivity contribution < 1.29 is 32.6 Å². The van der Waals surface area contributed by atoms with E-state index in [1.54, 1.807) is 6.92 Å².